The molecule has 7 heteroatoms. The zero-order valence-corrected chi connectivity index (χ0v) is 14.2. The normalized spacial score (nSPS) is 11.2. The van der Waals surface area contributed by atoms with Gasteiger partial charge in [-0.3, -0.25) is 4.72 Å². The van der Waals surface area contributed by atoms with E-state index in [9.17, 15) is 8.42 Å². The molecule has 118 valence electrons. The lowest BCUT2D eigenvalue weighted by molar-refractivity contribution is 0.483. The Labute approximate surface area is 143 Å². The van der Waals surface area contributed by atoms with Crippen LogP contribution in [0.4, 0.5) is 5.69 Å². The van der Waals surface area contributed by atoms with Gasteiger partial charge in [0.2, 0.25) is 0 Å². The summed E-state index contributed by atoms with van der Waals surface area (Å²) in [5, 5.41) is 0. The van der Waals surface area contributed by atoms with Crippen LogP contribution in [0.1, 0.15) is 0 Å². The van der Waals surface area contributed by atoms with Crippen molar-refractivity contribution in [2.45, 2.75) is 4.21 Å². The summed E-state index contributed by atoms with van der Waals surface area (Å²) in [7, 11) is -3.62. The minimum absolute atomic E-state index is 0.173. The van der Waals surface area contributed by atoms with Gasteiger partial charge in [0.1, 0.15) is 15.7 Å². The van der Waals surface area contributed by atoms with Crippen molar-refractivity contribution in [1.29, 1.82) is 0 Å². The molecule has 23 heavy (non-hydrogen) atoms. The van der Waals surface area contributed by atoms with E-state index in [0.29, 0.717) is 21.5 Å². The first-order chi connectivity index (χ1) is 11.0. The molecule has 2 aromatic carbocycles. The molecule has 0 unspecified atom stereocenters. The molecule has 0 bridgehead atoms. The SMILES string of the molecule is O=S(=O)(Nc1ccc(Oc2ccccc2)cc1)c1ccc(Cl)s1. The van der Waals surface area contributed by atoms with E-state index in [0.717, 1.165) is 11.3 Å². The van der Waals surface area contributed by atoms with Crippen LogP contribution < -0.4 is 9.46 Å². The van der Waals surface area contributed by atoms with Crippen LogP contribution in [-0.2, 0) is 10.0 Å². The van der Waals surface area contributed by atoms with E-state index in [1.54, 1.807) is 30.3 Å². The molecule has 0 fully saturated rings. The summed E-state index contributed by atoms with van der Waals surface area (Å²) in [5.74, 6) is 1.34. The van der Waals surface area contributed by atoms with Gasteiger partial charge in [0.15, 0.2) is 0 Å². The molecule has 4 nitrogen and oxygen atoms in total. The Morgan fingerprint density at radius 3 is 2.13 bits per heavy atom. The lowest BCUT2D eigenvalue weighted by Crippen LogP contribution is -2.11. The van der Waals surface area contributed by atoms with E-state index in [1.807, 2.05) is 30.3 Å². The smallest absolute Gasteiger partial charge is 0.271 e. The van der Waals surface area contributed by atoms with E-state index in [4.69, 9.17) is 16.3 Å². The Morgan fingerprint density at radius 2 is 1.52 bits per heavy atom. The number of hydrogen-bond donors (Lipinski definition) is 1. The fourth-order valence-corrected chi connectivity index (χ4v) is 4.40. The Balaban J connectivity index is 1.72. The second-order valence-electron chi connectivity index (χ2n) is 4.60. The van der Waals surface area contributed by atoms with Crippen LogP contribution in [0.15, 0.2) is 70.9 Å². The maximum Gasteiger partial charge on any atom is 0.271 e. The van der Waals surface area contributed by atoms with Gasteiger partial charge in [-0.05, 0) is 48.5 Å². The topological polar surface area (TPSA) is 55.4 Å². The number of sulfonamides is 1. The fourth-order valence-electron chi connectivity index (χ4n) is 1.86. The second kappa shape index (κ2) is 6.62. The molecule has 3 rings (SSSR count). The zero-order chi connectivity index (χ0) is 16.3. The highest BCUT2D eigenvalue weighted by Crippen LogP contribution is 2.28. The lowest BCUT2D eigenvalue weighted by atomic mass is 10.3. The molecule has 1 N–H and O–H groups in total. The van der Waals surface area contributed by atoms with E-state index in [2.05, 4.69) is 4.72 Å². The van der Waals surface area contributed by atoms with Crippen molar-refractivity contribution in [2.24, 2.45) is 0 Å². The monoisotopic (exact) mass is 365 g/mol. The molecular formula is C16H12ClNO3S2. The maximum absolute atomic E-state index is 12.2. The molecule has 0 saturated heterocycles. The fraction of sp³-hybridized carbons (Fsp3) is 0. The molecule has 0 aliphatic heterocycles. The molecule has 0 aliphatic rings. The van der Waals surface area contributed by atoms with Crippen molar-refractivity contribution in [1.82, 2.24) is 0 Å². The van der Waals surface area contributed by atoms with Crippen molar-refractivity contribution < 1.29 is 13.2 Å². The molecule has 3 aromatic rings. The number of rotatable bonds is 5. The third kappa shape index (κ3) is 4.04. The molecule has 0 amide bonds. The van der Waals surface area contributed by atoms with E-state index in [1.165, 1.54) is 6.07 Å². The molecule has 1 aromatic heterocycles. The molecular weight excluding hydrogens is 354 g/mol. The Kier molecular flexibility index (Phi) is 4.56. The predicted molar refractivity (Wildman–Crippen MR) is 93.1 cm³/mol. The van der Waals surface area contributed by atoms with Gasteiger partial charge in [-0.1, -0.05) is 29.8 Å². The van der Waals surface area contributed by atoms with Gasteiger partial charge in [-0.2, -0.15) is 0 Å². The number of nitrogens with one attached hydrogen (secondary N) is 1. The Morgan fingerprint density at radius 1 is 0.870 bits per heavy atom. The highest BCUT2D eigenvalue weighted by molar-refractivity contribution is 7.94. The highest BCUT2D eigenvalue weighted by atomic mass is 35.5. The number of ether oxygens (including phenoxy) is 1. The summed E-state index contributed by atoms with van der Waals surface area (Å²) >= 11 is 6.79. The molecule has 0 saturated carbocycles. The maximum atomic E-state index is 12.2. The number of anilines is 1. The van der Waals surface area contributed by atoms with Gasteiger partial charge in [0.25, 0.3) is 10.0 Å². The van der Waals surface area contributed by atoms with Crippen LogP contribution in [0.5, 0.6) is 11.5 Å². The first-order valence-corrected chi connectivity index (χ1v) is 9.32. The van der Waals surface area contributed by atoms with Crippen LogP contribution in [0, 0.1) is 0 Å². The summed E-state index contributed by atoms with van der Waals surface area (Å²) in [6.45, 7) is 0. The van der Waals surface area contributed by atoms with Gasteiger partial charge < -0.3 is 4.74 Å². The lowest BCUT2D eigenvalue weighted by Gasteiger charge is -2.08. The first-order valence-electron chi connectivity index (χ1n) is 6.64. The van der Waals surface area contributed by atoms with Crippen LogP contribution in [-0.4, -0.2) is 8.42 Å². The van der Waals surface area contributed by atoms with Crippen molar-refractivity contribution >= 4 is 38.6 Å². The number of benzene rings is 2. The number of thiophene rings is 1. The van der Waals surface area contributed by atoms with Gasteiger partial charge in [0.05, 0.1) is 4.34 Å². The number of hydrogen-bond acceptors (Lipinski definition) is 4. The third-order valence-corrected chi connectivity index (χ3v) is 6.00. The van der Waals surface area contributed by atoms with Crippen LogP contribution in [0.25, 0.3) is 0 Å². The summed E-state index contributed by atoms with van der Waals surface area (Å²) in [4.78, 5) is 0. The van der Waals surface area contributed by atoms with Crippen molar-refractivity contribution in [3.63, 3.8) is 0 Å². The molecule has 0 radical (unpaired) electrons. The van der Waals surface area contributed by atoms with E-state index in [-0.39, 0.29) is 4.21 Å². The average Bonchev–Trinajstić information content (AvgIpc) is 2.98. The van der Waals surface area contributed by atoms with Gasteiger partial charge in [-0.25, -0.2) is 8.42 Å². The number of para-hydroxylation sites is 1. The largest absolute Gasteiger partial charge is 0.457 e. The van der Waals surface area contributed by atoms with E-state index >= 15 is 0 Å². The Hall–Kier alpha value is -2.02. The van der Waals surface area contributed by atoms with Crippen molar-refractivity contribution in [3.05, 3.63) is 71.1 Å². The van der Waals surface area contributed by atoms with Crippen LogP contribution >= 0.6 is 22.9 Å². The highest BCUT2D eigenvalue weighted by Gasteiger charge is 2.16. The van der Waals surface area contributed by atoms with Crippen LogP contribution in [0.2, 0.25) is 4.34 Å². The van der Waals surface area contributed by atoms with E-state index < -0.39 is 10.0 Å². The second-order valence-corrected chi connectivity index (χ2v) is 8.23. The van der Waals surface area contributed by atoms with Gasteiger partial charge in [0, 0.05) is 5.69 Å². The molecule has 0 atom stereocenters. The average molecular weight is 366 g/mol. The van der Waals surface area contributed by atoms with Crippen molar-refractivity contribution in [2.75, 3.05) is 4.72 Å². The van der Waals surface area contributed by atoms with Crippen molar-refractivity contribution in [3.8, 4) is 11.5 Å². The molecule has 0 aliphatic carbocycles. The zero-order valence-electron chi connectivity index (χ0n) is 11.8. The summed E-state index contributed by atoms with van der Waals surface area (Å²) in [6, 6.07) is 19.1. The summed E-state index contributed by atoms with van der Waals surface area (Å²) in [5.41, 5.74) is 0.454. The predicted octanol–water partition coefficient (Wildman–Crippen LogP) is 4.99. The minimum atomic E-state index is -3.62. The molecule has 1 heterocycles. The summed E-state index contributed by atoms with van der Waals surface area (Å²) < 4.78 is 33.2. The Bertz CT molecular complexity index is 891. The van der Waals surface area contributed by atoms with Crippen LogP contribution in [0.3, 0.4) is 0 Å². The molecule has 0 spiro atoms. The standard InChI is InChI=1S/C16H12ClNO3S2/c17-15-10-11-16(22-15)23(19,20)18-12-6-8-14(9-7-12)21-13-4-2-1-3-5-13/h1-11,18H. The van der Waals surface area contributed by atoms with Gasteiger partial charge in [-0.15, -0.1) is 11.3 Å². The number of halogens is 1. The minimum Gasteiger partial charge on any atom is -0.457 e. The summed E-state index contributed by atoms with van der Waals surface area (Å²) in [6.07, 6.45) is 0. The third-order valence-electron chi connectivity index (χ3n) is 2.90. The quantitative estimate of drug-likeness (QED) is 0.692. The first kappa shape index (κ1) is 15.9. The van der Waals surface area contributed by atoms with Gasteiger partial charge >= 0.3 is 0 Å².